The minimum atomic E-state index is -0.380. The highest BCUT2D eigenvalue weighted by atomic mass is 32.2. The van der Waals surface area contributed by atoms with E-state index in [0.29, 0.717) is 28.2 Å². The van der Waals surface area contributed by atoms with Gasteiger partial charge in [0.25, 0.3) is 0 Å². The lowest BCUT2D eigenvalue weighted by atomic mass is 10.1. The summed E-state index contributed by atoms with van der Waals surface area (Å²) in [6.45, 7) is 3.84. The maximum atomic E-state index is 12.5. The van der Waals surface area contributed by atoms with Gasteiger partial charge < -0.3 is 14.8 Å². The van der Waals surface area contributed by atoms with E-state index in [1.807, 2.05) is 38.1 Å². The van der Waals surface area contributed by atoms with Crippen LogP contribution in [0.2, 0.25) is 0 Å². The van der Waals surface area contributed by atoms with Crippen molar-refractivity contribution in [3.8, 4) is 22.9 Å². The number of nitrogens with one attached hydrogen (secondary N) is 2. The number of carbonyl (C=O) groups is 1. The number of aryl methyl sites for hydroxylation is 1. The van der Waals surface area contributed by atoms with Gasteiger partial charge in [0.15, 0.2) is 17.3 Å². The number of carbonyl (C=O) groups excluding carboxylic acids is 1. The number of ether oxygens (including phenoxy) is 2. The molecule has 0 fully saturated rings. The van der Waals surface area contributed by atoms with Crippen molar-refractivity contribution in [1.29, 1.82) is 0 Å². The largest absolute Gasteiger partial charge is 0.493 e. The first kappa shape index (κ1) is 19.8. The average Bonchev–Trinajstić information content (AvgIpc) is 3.16. The first-order valence-electron chi connectivity index (χ1n) is 8.69. The second-order valence-corrected chi connectivity index (χ2v) is 7.46. The zero-order valence-electron chi connectivity index (χ0n) is 16.1. The van der Waals surface area contributed by atoms with E-state index in [0.717, 1.165) is 5.56 Å². The second-order valence-electron chi connectivity index (χ2n) is 6.15. The first-order valence-corrected chi connectivity index (χ1v) is 9.57. The summed E-state index contributed by atoms with van der Waals surface area (Å²) >= 11 is 1.29. The molecule has 3 aromatic rings. The number of benzene rings is 2. The molecule has 1 amide bonds. The summed E-state index contributed by atoms with van der Waals surface area (Å²) in [4.78, 5) is 17.0. The first-order chi connectivity index (χ1) is 13.5. The molecule has 0 unspecified atom stereocenters. The van der Waals surface area contributed by atoms with Gasteiger partial charge in [0.05, 0.1) is 19.5 Å². The highest BCUT2D eigenvalue weighted by Gasteiger charge is 2.18. The molecule has 2 aromatic carbocycles. The molecule has 146 valence electrons. The predicted molar refractivity (Wildman–Crippen MR) is 110 cm³/mol. The molecule has 28 heavy (non-hydrogen) atoms. The topological polar surface area (TPSA) is 89.1 Å². The van der Waals surface area contributed by atoms with Crippen molar-refractivity contribution >= 4 is 23.4 Å². The van der Waals surface area contributed by atoms with Crippen LogP contribution in [0.5, 0.6) is 11.5 Å². The highest BCUT2D eigenvalue weighted by molar-refractivity contribution is 8.00. The predicted octanol–water partition coefficient (Wildman–Crippen LogP) is 3.92. The van der Waals surface area contributed by atoms with Gasteiger partial charge in [0, 0.05) is 17.3 Å². The second kappa shape index (κ2) is 8.79. The van der Waals surface area contributed by atoms with Crippen molar-refractivity contribution in [2.45, 2.75) is 24.3 Å². The summed E-state index contributed by atoms with van der Waals surface area (Å²) in [5, 5.41) is 10.1. The van der Waals surface area contributed by atoms with Crippen molar-refractivity contribution in [2.75, 3.05) is 19.5 Å². The number of rotatable bonds is 7. The van der Waals surface area contributed by atoms with E-state index in [4.69, 9.17) is 9.47 Å². The number of hydrogen-bond acceptors (Lipinski definition) is 6. The summed E-state index contributed by atoms with van der Waals surface area (Å²) in [6.07, 6.45) is 0. The number of anilines is 1. The Bertz CT molecular complexity index is 956. The van der Waals surface area contributed by atoms with Gasteiger partial charge in [0.1, 0.15) is 0 Å². The van der Waals surface area contributed by atoms with Crippen LogP contribution >= 0.6 is 11.8 Å². The molecule has 2 N–H and O–H groups in total. The Balaban J connectivity index is 1.64. The molecule has 0 spiro atoms. The van der Waals surface area contributed by atoms with Crippen LogP contribution in [0.3, 0.4) is 0 Å². The van der Waals surface area contributed by atoms with Crippen molar-refractivity contribution < 1.29 is 14.3 Å². The van der Waals surface area contributed by atoms with Crippen molar-refractivity contribution in [1.82, 2.24) is 15.2 Å². The number of aromatic nitrogens is 3. The van der Waals surface area contributed by atoms with Crippen LogP contribution in [0.4, 0.5) is 5.69 Å². The van der Waals surface area contributed by atoms with Gasteiger partial charge in [-0.25, -0.2) is 4.98 Å². The highest BCUT2D eigenvalue weighted by Crippen LogP contribution is 2.30. The van der Waals surface area contributed by atoms with E-state index in [2.05, 4.69) is 20.5 Å². The van der Waals surface area contributed by atoms with Gasteiger partial charge in [0.2, 0.25) is 11.1 Å². The molecule has 0 radical (unpaired) electrons. The molecule has 7 nitrogen and oxygen atoms in total. The Hall–Kier alpha value is -3.00. The fourth-order valence-electron chi connectivity index (χ4n) is 2.51. The fourth-order valence-corrected chi connectivity index (χ4v) is 3.23. The molecule has 1 aromatic heterocycles. The number of thioether (sulfide) groups is 1. The Morgan fingerprint density at radius 1 is 1.11 bits per heavy atom. The molecule has 0 saturated heterocycles. The molecule has 0 aliphatic carbocycles. The fraction of sp³-hybridized carbons (Fsp3) is 0.250. The third-order valence-corrected chi connectivity index (χ3v) is 5.05. The number of H-pyrrole nitrogens is 1. The van der Waals surface area contributed by atoms with Gasteiger partial charge in [-0.05, 0) is 26.0 Å². The molecule has 8 heteroatoms. The minimum absolute atomic E-state index is 0.154. The third kappa shape index (κ3) is 4.64. The van der Waals surface area contributed by atoms with Crippen LogP contribution in [0.15, 0.2) is 47.6 Å². The molecule has 3 rings (SSSR count). The summed E-state index contributed by atoms with van der Waals surface area (Å²) in [5.74, 6) is 1.68. The SMILES string of the molecule is COc1ccc(NC(=O)[C@@H](C)Sc2n[nH]c(-c3ccc(C)cc3)n2)cc1OC. The van der Waals surface area contributed by atoms with E-state index in [1.165, 1.54) is 17.3 Å². The summed E-state index contributed by atoms with van der Waals surface area (Å²) < 4.78 is 10.5. The van der Waals surface area contributed by atoms with Crippen LogP contribution in [0.1, 0.15) is 12.5 Å². The molecular weight excluding hydrogens is 376 g/mol. The Morgan fingerprint density at radius 3 is 2.50 bits per heavy atom. The van der Waals surface area contributed by atoms with Gasteiger partial charge in [-0.2, -0.15) is 0 Å². The lowest BCUT2D eigenvalue weighted by Gasteiger charge is -2.12. The molecule has 0 aliphatic rings. The summed E-state index contributed by atoms with van der Waals surface area (Å²) in [7, 11) is 3.12. The van der Waals surface area contributed by atoms with Crippen molar-refractivity contribution in [2.24, 2.45) is 0 Å². The Morgan fingerprint density at radius 2 is 1.82 bits per heavy atom. The third-order valence-electron chi connectivity index (χ3n) is 4.09. The van der Waals surface area contributed by atoms with E-state index in [-0.39, 0.29) is 11.2 Å². The molecule has 1 heterocycles. The Kier molecular flexibility index (Phi) is 6.20. The van der Waals surface area contributed by atoms with Gasteiger partial charge in [-0.15, -0.1) is 5.10 Å². The molecule has 0 saturated carbocycles. The number of nitrogens with zero attached hydrogens (tertiary/aromatic N) is 2. The normalized spacial score (nSPS) is 11.7. The van der Waals surface area contributed by atoms with Crippen LogP contribution < -0.4 is 14.8 Å². The smallest absolute Gasteiger partial charge is 0.237 e. The van der Waals surface area contributed by atoms with Crippen molar-refractivity contribution in [3.05, 3.63) is 48.0 Å². The summed E-state index contributed by atoms with van der Waals surface area (Å²) in [6, 6.07) is 13.2. The quantitative estimate of drug-likeness (QED) is 0.587. The van der Waals surface area contributed by atoms with Crippen molar-refractivity contribution in [3.63, 3.8) is 0 Å². The van der Waals surface area contributed by atoms with Crippen LogP contribution in [-0.2, 0) is 4.79 Å². The lowest BCUT2D eigenvalue weighted by Crippen LogP contribution is -2.22. The van der Waals surface area contributed by atoms with E-state index in [1.54, 1.807) is 32.4 Å². The van der Waals surface area contributed by atoms with Gasteiger partial charge in [-0.3, -0.25) is 9.89 Å². The van der Waals surface area contributed by atoms with E-state index in [9.17, 15) is 4.79 Å². The zero-order chi connectivity index (χ0) is 20.1. The maximum absolute atomic E-state index is 12.5. The summed E-state index contributed by atoms with van der Waals surface area (Å²) in [5.41, 5.74) is 2.76. The standard InChI is InChI=1S/C20H22N4O3S/c1-12-5-7-14(8-6-12)18-22-20(24-23-18)28-13(2)19(25)21-15-9-10-16(26-3)17(11-15)27-4/h5-11,13H,1-4H3,(H,21,25)(H,22,23,24)/t13-/m1/s1. The van der Waals surface area contributed by atoms with Gasteiger partial charge in [-0.1, -0.05) is 41.6 Å². The number of aromatic amines is 1. The van der Waals surface area contributed by atoms with Crippen LogP contribution in [0, 0.1) is 6.92 Å². The zero-order valence-corrected chi connectivity index (χ0v) is 17.0. The molecular formula is C20H22N4O3S. The van der Waals surface area contributed by atoms with Crippen LogP contribution in [-0.4, -0.2) is 40.6 Å². The minimum Gasteiger partial charge on any atom is -0.493 e. The monoisotopic (exact) mass is 398 g/mol. The lowest BCUT2D eigenvalue weighted by molar-refractivity contribution is -0.115. The maximum Gasteiger partial charge on any atom is 0.237 e. The number of hydrogen-bond donors (Lipinski definition) is 2. The van der Waals surface area contributed by atoms with E-state index < -0.39 is 0 Å². The average molecular weight is 398 g/mol. The molecule has 1 atom stereocenters. The molecule has 0 aliphatic heterocycles. The van der Waals surface area contributed by atoms with E-state index >= 15 is 0 Å². The van der Waals surface area contributed by atoms with Crippen LogP contribution in [0.25, 0.3) is 11.4 Å². The van der Waals surface area contributed by atoms with Gasteiger partial charge >= 0.3 is 0 Å². The number of amides is 1. The molecule has 0 bridgehead atoms. The number of methoxy groups -OCH3 is 2. The Labute approximate surface area is 167 Å².